The summed E-state index contributed by atoms with van der Waals surface area (Å²) in [4.78, 5) is 0. The Morgan fingerprint density at radius 3 is 2.71 bits per heavy atom. The Kier molecular flexibility index (Phi) is 4.11. The monoisotopic (exact) mass is 287 g/mol. The maximum Gasteiger partial charge on any atom is 0.0538 e. The molecule has 1 aromatic rings. The molecular weight excluding hydrogens is 258 g/mol. The summed E-state index contributed by atoms with van der Waals surface area (Å²) in [5.41, 5.74) is 5.11. The first-order valence-electron chi connectivity index (χ1n) is 8.39. The maximum absolute atomic E-state index is 5.75. The van der Waals surface area contributed by atoms with Crippen molar-refractivity contribution in [3.8, 4) is 0 Å². The van der Waals surface area contributed by atoms with Crippen LogP contribution in [0.25, 0.3) is 0 Å². The zero-order valence-corrected chi connectivity index (χ0v) is 13.8. The molecule has 0 radical (unpaired) electrons. The lowest BCUT2D eigenvalue weighted by molar-refractivity contribution is 0.144. The van der Waals surface area contributed by atoms with Gasteiger partial charge in [0.15, 0.2) is 0 Å². The fraction of sp³-hybridized carbons (Fsp3) is 0.684. The third-order valence-electron chi connectivity index (χ3n) is 4.92. The quantitative estimate of drug-likeness (QED) is 0.915. The molecule has 1 unspecified atom stereocenters. The summed E-state index contributed by atoms with van der Waals surface area (Å²) in [6.07, 6.45) is 6.19. The van der Waals surface area contributed by atoms with E-state index in [0.717, 1.165) is 26.2 Å². The molecule has 0 saturated carbocycles. The van der Waals surface area contributed by atoms with Crippen molar-refractivity contribution in [3.05, 3.63) is 34.9 Å². The summed E-state index contributed by atoms with van der Waals surface area (Å²) in [7, 11) is 0. The fourth-order valence-corrected chi connectivity index (χ4v) is 3.61. The SMILES string of the molecule is CC(C)(C)NCC1(Cc2ccc3c(c2)CCC3)CCOC1. The molecule has 1 aliphatic carbocycles. The van der Waals surface area contributed by atoms with Crippen LogP contribution in [0.15, 0.2) is 18.2 Å². The Morgan fingerprint density at radius 1 is 1.19 bits per heavy atom. The van der Waals surface area contributed by atoms with E-state index >= 15 is 0 Å². The molecule has 1 heterocycles. The lowest BCUT2D eigenvalue weighted by Gasteiger charge is -2.32. The standard InChI is InChI=1S/C19H29NO/c1-18(2,3)20-13-19(9-10-21-14-19)12-15-7-8-16-5-4-6-17(16)11-15/h7-8,11,20H,4-6,9-10,12-14H2,1-3H3. The largest absolute Gasteiger partial charge is 0.381 e. The molecular formula is C19H29NO. The first-order valence-corrected chi connectivity index (χ1v) is 8.39. The van der Waals surface area contributed by atoms with Crippen molar-refractivity contribution in [1.29, 1.82) is 0 Å². The normalized spacial score (nSPS) is 25.3. The lowest BCUT2D eigenvalue weighted by Crippen LogP contribution is -2.45. The Labute approximate surface area is 129 Å². The zero-order chi connectivity index (χ0) is 14.9. The van der Waals surface area contributed by atoms with E-state index in [2.05, 4.69) is 44.3 Å². The predicted molar refractivity (Wildman–Crippen MR) is 87.8 cm³/mol. The van der Waals surface area contributed by atoms with E-state index in [1.54, 1.807) is 11.1 Å². The highest BCUT2D eigenvalue weighted by molar-refractivity contribution is 5.35. The molecule has 1 aliphatic heterocycles. The molecule has 2 heteroatoms. The molecule has 0 bridgehead atoms. The second kappa shape index (κ2) is 5.73. The highest BCUT2D eigenvalue weighted by Crippen LogP contribution is 2.34. The predicted octanol–water partition coefficient (Wildman–Crippen LogP) is 3.51. The minimum Gasteiger partial charge on any atom is -0.381 e. The Bertz CT molecular complexity index is 495. The topological polar surface area (TPSA) is 21.3 Å². The molecule has 3 rings (SSSR count). The molecule has 1 aromatic carbocycles. The van der Waals surface area contributed by atoms with Crippen LogP contribution in [0, 0.1) is 5.41 Å². The Balaban J connectivity index is 1.73. The second-order valence-corrected chi connectivity index (χ2v) is 8.04. The molecule has 0 aromatic heterocycles. The van der Waals surface area contributed by atoms with Crippen molar-refractivity contribution in [2.75, 3.05) is 19.8 Å². The van der Waals surface area contributed by atoms with Crippen LogP contribution >= 0.6 is 0 Å². The van der Waals surface area contributed by atoms with Crippen LogP contribution < -0.4 is 5.32 Å². The molecule has 2 nitrogen and oxygen atoms in total. The third-order valence-corrected chi connectivity index (χ3v) is 4.92. The van der Waals surface area contributed by atoms with Gasteiger partial charge in [0.25, 0.3) is 0 Å². The zero-order valence-electron chi connectivity index (χ0n) is 13.8. The van der Waals surface area contributed by atoms with Gasteiger partial charge >= 0.3 is 0 Å². The van der Waals surface area contributed by atoms with Crippen molar-refractivity contribution in [1.82, 2.24) is 5.32 Å². The summed E-state index contributed by atoms with van der Waals surface area (Å²) in [5.74, 6) is 0. The lowest BCUT2D eigenvalue weighted by atomic mass is 9.80. The van der Waals surface area contributed by atoms with Gasteiger partial charge in [0.2, 0.25) is 0 Å². The van der Waals surface area contributed by atoms with Crippen molar-refractivity contribution in [3.63, 3.8) is 0 Å². The van der Waals surface area contributed by atoms with Gasteiger partial charge < -0.3 is 10.1 Å². The summed E-state index contributed by atoms with van der Waals surface area (Å²) in [6.45, 7) is 9.58. The average molecular weight is 287 g/mol. The minimum atomic E-state index is 0.174. The van der Waals surface area contributed by atoms with Gasteiger partial charge in [-0.2, -0.15) is 0 Å². The Hall–Kier alpha value is -0.860. The molecule has 0 amide bonds. The van der Waals surface area contributed by atoms with Gasteiger partial charge in [-0.3, -0.25) is 0 Å². The van der Waals surface area contributed by atoms with Crippen LogP contribution in [-0.4, -0.2) is 25.3 Å². The van der Waals surface area contributed by atoms with Gasteiger partial charge in [-0.05, 0) is 69.6 Å². The van der Waals surface area contributed by atoms with E-state index in [1.807, 2.05) is 0 Å². The molecule has 1 saturated heterocycles. The number of ether oxygens (including phenoxy) is 1. The molecule has 116 valence electrons. The van der Waals surface area contributed by atoms with Crippen LogP contribution in [0.3, 0.4) is 0 Å². The summed E-state index contributed by atoms with van der Waals surface area (Å²) >= 11 is 0. The average Bonchev–Trinajstić information content (AvgIpc) is 3.05. The number of fused-ring (bicyclic) bond motifs is 1. The second-order valence-electron chi connectivity index (χ2n) is 8.04. The van der Waals surface area contributed by atoms with E-state index in [-0.39, 0.29) is 11.0 Å². The van der Waals surface area contributed by atoms with E-state index in [9.17, 15) is 0 Å². The van der Waals surface area contributed by atoms with E-state index in [1.165, 1.54) is 31.2 Å². The number of hydrogen-bond acceptors (Lipinski definition) is 2. The molecule has 21 heavy (non-hydrogen) atoms. The first-order chi connectivity index (χ1) is 9.96. The number of benzene rings is 1. The van der Waals surface area contributed by atoms with Gasteiger partial charge in [0.05, 0.1) is 6.61 Å². The van der Waals surface area contributed by atoms with E-state index in [0.29, 0.717) is 0 Å². The van der Waals surface area contributed by atoms with Crippen LogP contribution in [-0.2, 0) is 24.0 Å². The van der Waals surface area contributed by atoms with Crippen molar-refractivity contribution in [2.24, 2.45) is 5.41 Å². The van der Waals surface area contributed by atoms with Gasteiger partial charge in [0, 0.05) is 24.1 Å². The summed E-state index contributed by atoms with van der Waals surface area (Å²) in [5, 5.41) is 3.70. The van der Waals surface area contributed by atoms with E-state index < -0.39 is 0 Å². The van der Waals surface area contributed by atoms with Crippen molar-refractivity contribution >= 4 is 0 Å². The van der Waals surface area contributed by atoms with Crippen molar-refractivity contribution < 1.29 is 4.74 Å². The summed E-state index contributed by atoms with van der Waals surface area (Å²) in [6, 6.07) is 7.17. The van der Waals surface area contributed by atoms with Gasteiger partial charge in [-0.15, -0.1) is 0 Å². The maximum atomic E-state index is 5.75. The van der Waals surface area contributed by atoms with Gasteiger partial charge in [-0.25, -0.2) is 0 Å². The van der Waals surface area contributed by atoms with Crippen LogP contribution in [0.4, 0.5) is 0 Å². The third kappa shape index (κ3) is 3.67. The van der Waals surface area contributed by atoms with Crippen LogP contribution in [0.2, 0.25) is 0 Å². The first kappa shape index (κ1) is 15.1. The van der Waals surface area contributed by atoms with Gasteiger partial charge in [-0.1, -0.05) is 18.2 Å². The fourth-order valence-electron chi connectivity index (χ4n) is 3.61. The molecule has 1 N–H and O–H groups in total. The summed E-state index contributed by atoms with van der Waals surface area (Å²) < 4.78 is 5.75. The van der Waals surface area contributed by atoms with Gasteiger partial charge in [0.1, 0.15) is 0 Å². The van der Waals surface area contributed by atoms with Crippen molar-refractivity contribution in [2.45, 2.75) is 58.4 Å². The van der Waals surface area contributed by atoms with E-state index in [4.69, 9.17) is 4.74 Å². The number of rotatable bonds is 4. The molecule has 1 atom stereocenters. The van der Waals surface area contributed by atoms with Crippen LogP contribution in [0.5, 0.6) is 0 Å². The highest BCUT2D eigenvalue weighted by atomic mass is 16.5. The molecule has 2 aliphatic rings. The highest BCUT2D eigenvalue weighted by Gasteiger charge is 2.36. The molecule has 0 spiro atoms. The number of nitrogens with one attached hydrogen (secondary N) is 1. The number of hydrogen-bond donors (Lipinski definition) is 1. The smallest absolute Gasteiger partial charge is 0.0538 e. The number of aryl methyl sites for hydroxylation is 2. The minimum absolute atomic E-state index is 0.174. The Morgan fingerprint density at radius 2 is 2.00 bits per heavy atom. The molecule has 1 fully saturated rings. The van der Waals surface area contributed by atoms with Crippen LogP contribution in [0.1, 0.15) is 50.3 Å².